The maximum atomic E-state index is 12.3. The highest BCUT2D eigenvalue weighted by molar-refractivity contribution is 9.10. The van der Waals surface area contributed by atoms with Crippen LogP contribution in [0.3, 0.4) is 0 Å². The lowest BCUT2D eigenvalue weighted by molar-refractivity contribution is 0.103. The van der Waals surface area contributed by atoms with Gasteiger partial charge in [-0.2, -0.15) is 0 Å². The summed E-state index contributed by atoms with van der Waals surface area (Å²) >= 11 is 21.3. The molecule has 92 valence electrons. The van der Waals surface area contributed by atoms with Gasteiger partial charge in [-0.3, -0.25) is 4.79 Å². The van der Waals surface area contributed by atoms with Gasteiger partial charge >= 0.3 is 0 Å². The Labute approximate surface area is 128 Å². The maximum absolute atomic E-state index is 12.3. The van der Waals surface area contributed by atoms with Gasteiger partial charge in [-0.1, -0.05) is 46.9 Å². The van der Waals surface area contributed by atoms with Crippen LogP contribution in [-0.4, -0.2) is 5.78 Å². The molecule has 0 amide bonds. The molecule has 0 bridgehead atoms. The molecule has 0 saturated carbocycles. The molecule has 18 heavy (non-hydrogen) atoms. The summed E-state index contributed by atoms with van der Waals surface area (Å²) in [7, 11) is 0. The molecule has 0 spiro atoms. The van der Waals surface area contributed by atoms with Crippen molar-refractivity contribution in [1.82, 2.24) is 0 Å². The highest BCUT2D eigenvalue weighted by Crippen LogP contribution is 2.31. The monoisotopic (exact) mass is 362 g/mol. The molecule has 2 aromatic carbocycles. The van der Waals surface area contributed by atoms with Gasteiger partial charge in [0.05, 0.1) is 15.1 Å². The molecular weight excluding hydrogens is 358 g/mol. The lowest BCUT2D eigenvalue weighted by atomic mass is 10.0. The number of hydrogen-bond acceptors (Lipinski definition) is 1. The van der Waals surface area contributed by atoms with Gasteiger partial charge in [0.25, 0.3) is 0 Å². The molecule has 0 radical (unpaired) electrons. The van der Waals surface area contributed by atoms with Crippen LogP contribution in [0, 0.1) is 0 Å². The second kappa shape index (κ2) is 5.62. The zero-order valence-electron chi connectivity index (χ0n) is 8.88. The van der Waals surface area contributed by atoms with Gasteiger partial charge in [0.2, 0.25) is 0 Å². The summed E-state index contributed by atoms with van der Waals surface area (Å²) in [4.78, 5) is 12.3. The zero-order valence-corrected chi connectivity index (χ0v) is 12.7. The zero-order chi connectivity index (χ0) is 13.3. The van der Waals surface area contributed by atoms with Crippen LogP contribution in [0.2, 0.25) is 15.1 Å². The van der Waals surface area contributed by atoms with Crippen molar-refractivity contribution in [3.8, 4) is 0 Å². The van der Waals surface area contributed by atoms with Crippen molar-refractivity contribution in [1.29, 1.82) is 0 Å². The Bertz CT molecular complexity index is 572. The molecule has 2 aromatic rings. The summed E-state index contributed by atoms with van der Waals surface area (Å²) < 4.78 is 0.660. The molecule has 5 heteroatoms. The van der Waals surface area contributed by atoms with E-state index < -0.39 is 0 Å². The van der Waals surface area contributed by atoms with E-state index in [2.05, 4.69) is 15.9 Å². The van der Waals surface area contributed by atoms with Crippen molar-refractivity contribution in [2.75, 3.05) is 0 Å². The summed E-state index contributed by atoms with van der Waals surface area (Å²) in [5.41, 5.74) is 0.722. The minimum Gasteiger partial charge on any atom is -0.288 e. The molecule has 0 atom stereocenters. The molecule has 0 aliphatic heterocycles. The van der Waals surface area contributed by atoms with Gasteiger partial charge < -0.3 is 0 Å². The molecule has 0 aliphatic rings. The van der Waals surface area contributed by atoms with Crippen LogP contribution < -0.4 is 0 Å². The SMILES string of the molecule is O=C(c1cccc(Cl)c1Cl)c1cccc(Br)c1Cl. The Hall–Kier alpha value is -0.540. The Balaban J connectivity index is 2.55. The Morgan fingerprint density at radius 2 is 1.44 bits per heavy atom. The van der Waals surface area contributed by atoms with Crippen molar-refractivity contribution in [2.24, 2.45) is 0 Å². The number of hydrogen-bond donors (Lipinski definition) is 0. The molecule has 1 nitrogen and oxygen atoms in total. The summed E-state index contributed by atoms with van der Waals surface area (Å²) in [6, 6.07) is 10.1. The predicted molar refractivity (Wildman–Crippen MR) is 79.0 cm³/mol. The van der Waals surface area contributed by atoms with Crippen LogP contribution in [0.15, 0.2) is 40.9 Å². The topological polar surface area (TPSA) is 17.1 Å². The van der Waals surface area contributed by atoms with Crippen LogP contribution in [0.1, 0.15) is 15.9 Å². The molecule has 0 unspecified atom stereocenters. The van der Waals surface area contributed by atoms with Gasteiger partial charge in [-0.05, 0) is 40.2 Å². The smallest absolute Gasteiger partial charge is 0.196 e. The first-order valence-electron chi connectivity index (χ1n) is 4.95. The molecule has 0 heterocycles. The number of benzene rings is 2. The quantitative estimate of drug-likeness (QED) is 0.630. The van der Waals surface area contributed by atoms with Gasteiger partial charge in [0, 0.05) is 15.6 Å². The van der Waals surface area contributed by atoms with Gasteiger partial charge in [0.1, 0.15) is 0 Å². The van der Waals surface area contributed by atoms with E-state index in [9.17, 15) is 4.79 Å². The molecule has 0 aliphatic carbocycles. The summed E-state index contributed by atoms with van der Waals surface area (Å²) in [6.07, 6.45) is 0. The van der Waals surface area contributed by atoms with Gasteiger partial charge in [-0.25, -0.2) is 0 Å². The fourth-order valence-corrected chi connectivity index (χ4v) is 2.47. The lowest BCUT2D eigenvalue weighted by Crippen LogP contribution is -2.03. The summed E-state index contributed by atoms with van der Waals surface area (Å²) in [6.45, 7) is 0. The lowest BCUT2D eigenvalue weighted by Gasteiger charge is -2.07. The standard InChI is InChI=1S/C13H6BrCl3O/c14-9-5-1-3-7(11(9)16)13(18)8-4-2-6-10(15)12(8)17/h1-6H. The molecule has 2 rings (SSSR count). The van der Waals surface area contributed by atoms with E-state index in [1.807, 2.05) is 0 Å². The third-order valence-electron chi connectivity index (χ3n) is 2.39. The van der Waals surface area contributed by atoms with Crippen molar-refractivity contribution >= 4 is 56.5 Å². The van der Waals surface area contributed by atoms with E-state index in [0.717, 1.165) is 0 Å². The number of carbonyl (C=O) groups is 1. The van der Waals surface area contributed by atoms with Crippen LogP contribution in [0.5, 0.6) is 0 Å². The maximum Gasteiger partial charge on any atom is 0.196 e. The first-order chi connectivity index (χ1) is 8.52. The largest absolute Gasteiger partial charge is 0.288 e. The minimum atomic E-state index is -0.256. The molecule has 0 saturated heterocycles. The normalized spacial score (nSPS) is 10.4. The van der Waals surface area contributed by atoms with E-state index in [4.69, 9.17) is 34.8 Å². The first-order valence-corrected chi connectivity index (χ1v) is 6.87. The second-order valence-corrected chi connectivity index (χ2v) is 5.55. The van der Waals surface area contributed by atoms with Crippen molar-refractivity contribution in [2.45, 2.75) is 0 Å². The van der Waals surface area contributed by atoms with E-state index in [1.54, 1.807) is 36.4 Å². The Morgan fingerprint density at radius 3 is 2.11 bits per heavy atom. The molecule has 0 fully saturated rings. The summed E-state index contributed by atoms with van der Waals surface area (Å²) in [5.74, 6) is -0.256. The fraction of sp³-hybridized carbons (Fsp3) is 0. The van der Waals surface area contributed by atoms with Crippen LogP contribution >= 0.6 is 50.7 Å². The molecular formula is C13H6BrCl3O. The van der Waals surface area contributed by atoms with E-state index in [1.165, 1.54) is 0 Å². The average Bonchev–Trinajstić information content (AvgIpc) is 2.35. The number of carbonyl (C=O) groups excluding carboxylic acids is 1. The highest BCUT2D eigenvalue weighted by atomic mass is 79.9. The minimum absolute atomic E-state index is 0.236. The van der Waals surface area contributed by atoms with Crippen molar-refractivity contribution in [3.63, 3.8) is 0 Å². The fourth-order valence-electron chi connectivity index (χ4n) is 1.50. The number of ketones is 1. The van der Waals surface area contributed by atoms with Crippen LogP contribution in [-0.2, 0) is 0 Å². The van der Waals surface area contributed by atoms with E-state index >= 15 is 0 Å². The second-order valence-electron chi connectivity index (χ2n) is 3.53. The van der Waals surface area contributed by atoms with Crippen molar-refractivity contribution in [3.05, 3.63) is 67.1 Å². The number of halogens is 4. The first kappa shape index (κ1) is 13.9. The van der Waals surface area contributed by atoms with E-state index in [-0.39, 0.29) is 10.8 Å². The molecule has 0 N–H and O–H groups in total. The van der Waals surface area contributed by atoms with Gasteiger partial charge in [-0.15, -0.1) is 0 Å². The predicted octanol–water partition coefficient (Wildman–Crippen LogP) is 5.64. The van der Waals surface area contributed by atoms with E-state index in [0.29, 0.717) is 25.6 Å². The Morgan fingerprint density at radius 1 is 0.889 bits per heavy atom. The number of rotatable bonds is 2. The Kier molecular flexibility index (Phi) is 4.33. The van der Waals surface area contributed by atoms with Gasteiger partial charge in [0.15, 0.2) is 5.78 Å². The van der Waals surface area contributed by atoms with Crippen molar-refractivity contribution < 1.29 is 4.79 Å². The third-order valence-corrected chi connectivity index (χ3v) is 4.51. The molecule has 0 aromatic heterocycles. The highest BCUT2D eigenvalue weighted by Gasteiger charge is 2.18. The third kappa shape index (κ3) is 2.57. The average molecular weight is 364 g/mol. The summed E-state index contributed by atoms with van der Waals surface area (Å²) in [5, 5.41) is 0.937. The van der Waals surface area contributed by atoms with Crippen LogP contribution in [0.4, 0.5) is 0 Å². The van der Waals surface area contributed by atoms with Crippen LogP contribution in [0.25, 0.3) is 0 Å².